The van der Waals surface area contributed by atoms with Crippen LogP contribution in [0.15, 0.2) is 16.9 Å². The monoisotopic (exact) mass is 511 g/mol. The van der Waals surface area contributed by atoms with Crippen molar-refractivity contribution in [3.8, 4) is 0 Å². The number of carbonyl (C=O) groups excluding carboxylic acids is 1. The Hall–Kier alpha value is -2.75. The Morgan fingerprint density at radius 1 is 1.08 bits per heavy atom. The van der Waals surface area contributed by atoms with Gasteiger partial charge in [0.2, 0.25) is 0 Å². The molecule has 202 valence electrons. The van der Waals surface area contributed by atoms with Crippen molar-refractivity contribution in [2.75, 3.05) is 26.0 Å². The van der Waals surface area contributed by atoms with Crippen LogP contribution in [0.2, 0.25) is 0 Å². The number of hydrogen-bond acceptors (Lipinski definition) is 4. The first-order chi connectivity index (χ1) is 16.8. The summed E-state index contributed by atoms with van der Waals surface area (Å²) in [7, 11) is 6.78. The van der Waals surface area contributed by atoms with Gasteiger partial charge in [0.25, 0.3) is 11.5 Å². The van der Waals surface area contributed by atoms with Gasteiger partial charge >= 0.3 is 6.18 Å². The fourth-order valence-electron chi connectivity index (χ4n) is 4.62. The van der Waals surface area contributed by atoms with Gasteiger partial charge < -0.3 is 15.5 Å². The van der Waals surface area contributed by atoms with Gasteiger partial charge in [-0.1, -0.05) is 19.3 Å². The van der Waals surface area contributed by atoms with Crippen LogP contribution >= 0.6 is 0 Å². The van der Waals surface area contributed by atoms with Crippen LogP contribution in [0.5, 0.6) is 0 Å². The molecule has 7 nitrogen and oxygen atoms in total. The number of nitrogens with one attached hydrogen (secondary N) is 2. The molecule has 0 saturated heterocycles. The highest BCUT2D eigenvalue weighted by Crippen LogP contribution is 2.30. The van der Waals surface area contributed by atoms with E-state index in [1.54, 1.807) is 13.0 Å². The van der Waals surface area contributed by atoms with E-state index < -0.39 is 35.4 Å². The number of hydrogen-bond donors (Lipinski definition) is 2. The highest BCUT2D eigenvalue weighted by Gasteiger charge is 2.39. The molecule has 36 heavy (non-hydrogen) atoms. The lowest BCUT2D eigenvalue weighted by atomic mass is 9.95. The molecular formula is C26H40F3N5O2. The minimum Gasteiger partial charge on any atom is -0.385 e. The van der Waals surface area contributed by atoms with Crippen molar-refractivity contribution in [3.63, 3.8) is 0 Å². The summed E-state index contributed by atoms with van der Waals surface area (Å²) in [5.41, 5.74) is 0.328. The first-order valence-corrected chi connectivity index (χ1v) is 12.4. The fourth-order valence-corrected chi connectivity index (χ4v) is 4.62. The zero-order chi connectivity index (χ0) is 27.2. The van der Waals surface area contributed by atoms with Crippen LogP contribution in [0.3, 0.4) is 0 Å². The molecule has 2 N–H and O–H groups in total. The SMILES string of the molecule is CCNc1cc(C)cc(C(=O)NCc2c(C(F)(F)F)n(C)n(C)c2=O)c1C.CN(C)C1CCCCC1. The fraction of sp³-hybridized carbons (Fsp3) is 0.615. The third kappa shape index (κ3) is 7.15. The van der Waals surface area contributed by atoms with E-state index in [2.05, 4.69) is 29.6 Å². The van der Waals surface area contributed by atoms with Crippen molar-refractivity contribution in [1.29, 1.82) is 0 Å². The van der Waals surface area contributed by atoms with E-state index in [1.165, 1.54) is 39.2 Å². The highest BCUT2D eigenvalue weighted by atomic mass is 19.4. The van der Waals surface area contributed by atoms with Crippen molar-refractivity contribution >= 4 is 11.6 Å². The third-order valence-corrected chi connectivity index (χ3v) is 6.77. The summed E-state index contributed by atoms with van der Waals surface area (Å²) in [6.45, 7) is 5.66. The Kier molecular flexibility index (Phi) is 10.2. The molecule has 0 atom stereocenters. The Morgan fingerprint density at radius 2 is 1.69 bits per heavy atom. The molecule has 1 saturated carbocycles. The Balaban J connectivity index is 0.000000425. The minimum atomic E-state index is -4.70. The molecule has 1 aliphatic rings. The van der Waals surface area contributed by atoms with Crippen LogP contribution in [0.1, 0.15) is 71.8 Å². The molecule has 0 radical (unpaired) electrons. The minimum absolute atomic E-state index is 0.354. The molecule has 0 aliphatic heterocycles. The van der Waals surface area contributed by atoms with E-state index >= 15 is 0 Å². The molecule has 1 heterocycles. The average Bonchev–Trinajstić information content (AvgIpc) is 3.04. The number of aromatic nitrogens is 2. The van der Waals surface area contributed by atoms with E-state index in [0.717, 1.165) is 33.7 Å². The second kappa shape index (κ2) is 12.5. The average molecular weight is 512 g/mol. The number of carbonyl (C=O) groups is 1. The van der Waals surface area contributed by atoms with Crippen molar-refractivity contribution in [3.05, 3.63) is 50.4 Å². The number of halogens is 3. The van der Waals surface area contributed by atoms with Gasteiger partial charge in [0.1, 0.15) is 5.69 Å². The number of aryl methyl sites for hydroxylation is 1. The standard InChI is InChI=1S/C18H23F3N4O2.C8H17N/c1-6-22-14-8-10(2)7-12(11(14)3)16(26)23-9-13-15(18(19,20)21)24(4)25(5)17(13)27;1-9(2)8-6-4-3-5-7-8/h7-8,22H,6,9H2,1-5H3,(H,23,26);8H,3-7H2,1-2H3. The summed E-state index contributed by atoms with van der Waals surface area (Å²) >= 11 is 0. The first-order valence-electron chi connectivity index (χ1n) is 12.4. The van der Waals surface area contributed by atoms with Gasteiger partial charge in [-0.25, -0.2) is 0 Å². The molecule has 0 spiro atoms. The van der Waals surface area contributed by atoms with Gasteiger partial charge in [-0.05, 0) is 71.0 Å². The summed E-state index contributed by atoms with van der Waals surface area (Å²) in [5, 5.41) is 5.60. The first kappa shape index (κ1) is 29.5. The number of anilines is 1. The lowest BCUT2D eigenvalue weighted by Crippen LogP contribution is -2.29. The second-order valence-electron chi connectivity index (χ2n) is 9.63. The number of rotatable bonds is 6. The van der Waals surface area contributed by atoms with Crippen molar-refractivity contribution in [2.24, 2.45) is 14.1 Å². The molecule has 1 amide bonds. The smallest absolute Gasteiger partial charge is 0.385 e. The maximum Gasteiger partial charge on any atom is 0.433 e. The van der Waals surface area contributed by atoms with Crippen LogP contribution in [0.25, 0.3) is 0 Å². The lowest BCUT2D eigenvalue weighted by Gasteiger charge is -2.27. The summed E-state index contributed by atoms with van der Waals surface area (Å²) in [4.78, 5) is 27.1. The van der Waals surface area contributed by atoms with Gasteiger partial charge in [-0.15, -0.1) is 0 Å². The van der Waals surface area contributed by atoms with Crippen LogP contribution in [0.4, 0.5) is 18.9 Å². The van der Waals surface area contributed by atoms with Gasteiger partial charge in [-0.2, -0.15) is 13.2 Å². The molecule has 3 rings (SSSR count). The van der Waals surface area contributed by atoms with Gasteiger partial charge in [0, 0.05) is 37.9 Å². The van der Waals surface area contributed by atoms with E-state index in [-0.39, 0.29) is 0 Å². The zero-order valence-electron chi connectivity index (χ0n) is 22.5. The Morgan fingerprint density at radius 3 is 2.19 bits per heavy atom. The Bertz CT molecular complexity index is 1100. The molecule has 2 aromatic rings. The summed E-state index contributed by atoms with van der Waals surface area (Å²) < 4.78 is 41.5. The predicted octanol–water partition coefficient (Wildman–Crippen LogP) is 4.60. The molecule has 0 unspecified atom stereocenters. The van der Waals surface area contributed by atoms with E-state index in [9.17, 15) is 22.8 Å². The van der Waals surface area contributed by atoms with E-state index in [0.29, 0.717) is 17.7 Å². The van der Waals surface area contributed by atoms with Crippen LogP contribution in [-0.2, 0) is 26.8 Å². The lowest BCUT2D eigenvalue weighted by molar-refractivity contribution is -0.144. The zero-order valence-corrected chi connectivity index (χ0v) is 22.5. The maximum atomic E-state index is 13.3. The van der Waals surface area contributed by atoms with Crippen LogP contribution in [0, 0.1) is 13.8 Å². The normalized spacial score (nSPS) is 14.4. The molecule has 10 heteroatoms. The Labute approximate surface area is 211 Å². The summed E-state index contributed by atoms with van der Waals surface area (Å²) in [6, 6.07) is 4.45. The van der Waals surface area contributed by atoms with Crippen molar-refractivity contribution in [2.45, 2.75) is 71.6 Å². The molecule has 1 aliphatic carbocycles. The quantitative estimate of drug-likeness (QED) is 0.595. The van der Waals surface area contributed by atoms with Crippen molar-refractivity contribution < 1.29 is 18.0 Å². The molecule has 1 aromatic heterocycles. The molecule has 0 bridgehead atoms. The highest BCUT2D eigenvalue weighted by molar-refractivity contribution is 5.97. The topological polar surface area (TPSA) is 71.3 Å². The second-order valence-corrected chi connectivity index (χ2v) is 9.63. The number of alkyl halides is 3. The predicted molar refractivity (Wildman–Crippen MR) is 137 cm³/mol. The molecular weight excluding hydrogens is 471 g/mol. The van der Waals surface area contributed by atoms with Gasteiger partial charge in [0.05, 0.1) is 12.1 Å². The van der Waals surface area contributed by atoms with Gasteiger partial charge in [-0.3, -0.25) is 19.0 Å². The molecule has 1 aromatic carbocycles. The largest absolute Gasteiger partial charge is 0.433 e. The number of nitrogens with zero attached hydrogens (tertiary/aromatic N) is 3. The van der Waals surface area contributed by atoms with E-state index in [4.69, 9.17) is 0 Å². The van der Waals surface area contributed by atoms with Crippen LogP contribution in [-0.4, -0.2) is 46.9 Å². The summed E-state index contributed by atoms with van der Waals surface area (Å²) in [6.07, 6.45) is 2.50. The number of benzene rings is 1. The maximum absolute atomic E-state index is 13.3. The number of amides is 1. The van der Waals surface area contributed by atoms with Crippen molar-refractivity contribution in [1.82, 2.24) is 19.6 Å². The summed E-state index contributed by atoms with van der Waals surface area (Å²) in [5.74, 6) is -0.533. The molecule has 1 fully saturated rings. The van der Waals surface area contributed by atoms with Gasteiger partial charge in [0.15, 0.2) is 0 Å². The van der Waals surface area contributed by atoms with Crippen LogP contribution < -0.4 is 16.2 Å². The third-order valence-electron chi connectivity index (χ3n) is 6.77. The van der Waals surface area contributed by atoms with E-state index in [1.807, 2.05) is 19.9 Å².